The van der Waals surface area contributed by atoms with Gasteiger partial charge in [-0.1, -0.05) is 0 Å². The van der Waals surface area contributed by atoms with Crippen LogP contribution < -0.4 is 0 Å². The van der Waals surface area contributed by atoms with Crippen LogP contribution in [0.2, 0.25) is 0 Å². The Labute approximate surface area is 118 Å². The number of aliphatic hydroxyl groups excluding tert-OH is 1. The fourth-order valence-electron chi connectivity index (χ4n) is 2.92. The van der Waals surface area contributed by atoms with Crippen molar-refractivity contribution in [3.8, 4) is 0 Å². The van der Waals surface area contributed by atoms with Crippen molar-refractivity contribution in [3.63, 3.8) is 0 Å². The number of fused-ring (bicyclic) bond motifs is 1. The summed E-state index contributed by atoms with van der Waals surface area (Å²) in [6, 6.07) is -0.380. The van der Waals surface area contributed by atoms with Crippen LogP contribution in [0.15, 0.2) is 0 Å². The minimum atomic E-state index is -0.422. The third-order valence-electron chi connectivity index (χ3n) is 3.72. The Morgan fingerprint density at radius 3 is 2.25 bits per heavy atom. The zero-order valence-corrected chi connectivity index (χ0v) is 11.9. The first-order valence-electron chi connectivity index (χ1n) is 6.65. The standard InChI is InChI=1S/C12H21N4O4/c1-4-13-9-10(16(8-20-3)12(13)19)14(5-2)11(18)15(9)6-7-17/h9-10,17H,1,4-8H2,2-3H3/q+1. The Balaban J connectivity index is 2.37. The highest BCUT2D eigenvalue weighted by atomic mass is 16.5. The number of carbonyl (C=O) groups is 2. The first kappa shape index (κ1) is 14.7. The molecule has 112 valence electrons. The molecule has 0 saturated carbocycles. The fraction of sp³-hybridized carbons (Fsp3) is 0.750. The first-order chi connectivity index (χ1) is 9.62. The molecule has 4 amide bonds. The SMILES string of the molecule is [CH2+]CN1C(=O)N(COC)C2C1N(CCO)C(=O)N2CC. The summed E-state index contributed by atoms with van der Waals surface area (Å²) in [7, 11) is 1.51. The second kappa shape index (κ2) is 5.76. The number of hydrogen-bond donors (Lipinski definition) is 1. The number of β-amino-alcohol motifs (C(OH)–C–C–N with tert-alkyl or cyclic N) is 1. The van der Waals surface area contributed by atoms with Gasteiger partial charge in [0.2, 0.25) is 0 Å². The van der Waals surface area contributed by atoms with Crippen LogP contribution in [0.4, 0.5) is 9.59 Å². The van der Waals surface area contributed by atoms with Crippen molar-refractivity contribution in [2.45, 2.75) is 19.3 Å². The van der Waals surface area contributed by atoms with Crippen LogP contribution in [0.25, 0.3) is 0 Å². The normalized spacial score (nSPS) is 25.9. The van der Waals surface area contributed by atoms with Crippen LogP contribution in [-0.2, 0) is 4.74 Å². The van der Waals surface area contributed by atoms with Gasteiger partial charge in [-0.3, -0.25) is 14.7 Å². The van der Waals surface area contributed by atoms with E-state index in [4.69, 9.17) is 9.84 Å². The molecule has 2 saturated heterocycles. The Bertz CT molecular complexity index is 356. The van der Waals surface area contributed by atoms with Crippen molar-refractivity contribution in [3.05, 3.63) is 6.92 Å². The molecule has 0 bridgehead atoms. The number of rotatable bonds is 6. The fourth-order valence-corrected chi connectivity index (χ4v) is 2.92. The monoisotopic (exact) mass is 285 g/mol. The lowest BCUT2D eigenvalue weighted by Gasteiger charge is -2.27. The molecule has 8 nitrogen and oxygen atoms in total. The van der Waals surface area contributed by atoms with Gasteiger partial charge in [-0.05, 0) is 6.92 Å². The van der Waals surface area contributed by atoms with E-state index in [0.29, 0.717) is 6.54 Å². The maximum atomic E-state index is 12.4. The summed E-state index contributed by atoms with van der Waals surface area (Å²) in [6.45, 7) is 6.54. The lowest BCUT2D eigenvalue weighted by atomic mass is 10.3. The lowest BCUT2D eigenvalue weighted by Crippen LogP contribution is -2.47. The van der Waals surface area contributed by atoms with Crippen molar-refractivity contribution in [2.24, 2.45) is 0 Å². The second-order valence-electron chi connectivity index (χ2n) is 4.68. The zero-order valence-electron chi connectivity index (χ0n) is 11.9. The summed E-state index contributed by atoms with van der Waals surface area (Å²) in [5.41, 5.74) is 0. The number of amides is 4. The molecule has 8 heteroatoms. The van der Waals surface area contributed by atoms with Gasteiger partial charge in [0.25, 0.3) is 0 Å². The van der Waals surface area contributed by atoms with Crippen molar-refractivity contribution in [1.82, 2.24) is 19.6 Å². The van der Waals surface area contributed by atoms with E-state index < -0.39 is 12.3 Å². The summed E-state index contributed by atoms with van der Waals surface area (Å²) in [5.74, 6) is 0. The Morgan fingerprint density at radius 2 is 1.75 bits per heavy atom. The molecule has 2 unspecified atom stereocenters. The third kappa shape index (κ3) is 1.95. The average Bonchev–Trinajstić information content (AvgIpc) is 2.85. The molecule has 0 spiro atoms. The van der Waals surface area contributed by atoms with Crippen LogP contribution in [0.3, 0.4) is 0 Å². The largest absolute Gasteiger partial charge is 0.395 e. The molecular formula is C12H21N4O4+. The van der Waals surface area contributed by atoms with Crippen LogP contribution >= 0.6 is 0 Å². The van der Waals surface area contributed by atoms with Gasteiger partial charge in [-0.15, -0.1) is 0 Å². The van der Waals surface area contributed by atoms with Gasteiger partial charge < -0.3 is 14.7 Å². The molecule has 20 heavy (non-hydrogen) atoms. The Kier molecular flexibility index (Phi) is 4.24. The molecule has 0 aromatic carbocycles. The molecule has 2 heterocycles. The van der Waals surface area contributed by atoms with Crippen molar-refractivity contribution < 1.29 is 19.4 Å². The molecule has 2 fully saturated rings. The number of likely N-dealkylation sites (N-methyl/N-ethyl adjacent to an activating group) is 1. The number of urea groups is 2. The first-order valence-corrected chi connectivity index (χ1v) is 6.65. The Hall–Kier alpha value is -1.67. The third-order valence-corrected chi connectivity index (χ3v) is 3.72. The number of aliphatic hydroxyl groups is 1. The molecule has 0 radical (unpaired) electrons. The minimum absolute atomic E-state index is 0.118. The van der Waals surface area contributed by atoms with E-state index in [0.717, 1.165) is 0 Å². The van der Waals surface area contributed by atoms with Crippen LogP contribution in [0.1, 0.15) is 6.92 Å². The highest BCUT2D eigenvalue weighted by Crippen LogP contribution is 2.34. The topological polar surface area (TPSA) is 76.6 Å². The highest BCUT2D eigenvalue weighted by Gasteiger charge is 2.58. The van der Waals surface area contributed by atoms with E-state index in [2.05, 4.69) is 6.92 Å². The molecule has 2 rings (SSSR count). The summed E-state index contributed by atoms with van der Waals surface area (Å²) in [5, 5.41) is 9.15. The maximum Gasteiger partial charge on any atom is 0.328 e. The minimum Gasteiger partial charge on any atom is -0.395 e. The van der Waals surface area contributed by atoms with Crippen LogP contribution in [0.5, 0.6) is 0 Å². The van der Waals surface area contributed by atoms with E-state index in [-0.39, 0.29) is 38.5 Å². The zero-order chi connectivity index (χ0) is 14.9. The number of nitrogens with zero attached hydrogens (tertiary/aromatic N) is 4. The quantitative estimate of drug-likeness (QED) is 0.672. The molecule has 2 aliphatic heterocycles. The molecular weight excluding hydrogens is 264 g/mol. The van der Waals surface area contributed by atoms with E-state index in [1.165, 1.54) is 21.8 Å². The highest BCUT2D eigenvalue weighted by molar-refractivity contribution is 5.85. The molecule has 0 aliphatic carbocycles. The van der Waals surface area contributed by atoms with Gasteiger partial charge in [0, 0.05) is 20.2 Å². The molecule has 2 atom stereocenters. The second-order valence-corrected chi connectivity index (χ2v) is 4.68. The summed E-state index contributed by atoms with van der Waals surface area (Å²) < 4.78 is 5.07. The van der Waals surface area contributed by atoms with E-state index >= 15 is 0 Å². The predicted octanol–water partition coefficient (Wildman–Crippen LogP) is -0.436. The van der Waals surface area contributed by atoms with Gasteiger partial charge >= 0.3 is 12.1 Å². The van der Waals surface area contributed by atoms with Crippen molar-refractivity contribution >= 4 is 12.1 Å². The van der Waals surface area contributed by atoms with Crippen LogP contribution in [-0.4, -0.2) is 89.2 Å². The van der Waals surface area contributed by atoms with E-state index in [1.54, 1.807) is 4.90 Å². The van der Waals surface area contributed by atoms with Crippen molar-refractivity contribution in [2.75, 3.05) is 40.1 Å². The van der Waals surface area contributed by atoms with E-state index in [1.807, 2.05) is 6.92 Å². The number of ether oxygens (including phenoxy) is 1. The van der Waals surface area contributed by atoms with E-state index in [9.17, 15) is 9.59 Å². The smallest absolute Gasteiger partial charge is 0.328 e. The number of carbonyl (C=O) groups excluding carboxylic acids is 2. The van der Waals surface area contributed by atoms with Crippen LogP contribution in [0, 0.1) is 6.92 Å². The van der Waals surface area contributed by atoms with Gasteiger partial charge in [0.1, 0.15) is 6.73 Å². The molecule has 0 aromatic heterocycles. The lowest BCUT2D eigenvalue weighted by molar-refractivity contribution is 0.0360. The number of hydrogen-bond acceptors (Lipinski definition) is 4. The number of methoxy groups -OCH3 is 1. The summed E-state index contributed by atoms with van der Waals surface area (Å²) >= 11 is 0. The Morgan fingerprint density at radius 1 is 1.15 bits per heavy atom. The van der Waals surface area contributed by atoms with Gasteiger partial charge in [0.15, 0.2) is 18.9 Å². The van der Waals surface area contributed by atoms with Gasteiger partial charge in [-0.25, -0.2) is 9.59 Å². The molecule has 0 aromatic rings. The predicted molar refractivity (Wildman–Crippen MR) is 70.3 cm³/mol. The van der Waals surface area contributed by atoms with Gasteiger partial charge in [0.05, 0.1) is 13.5 Å². The molecule has 1 N–H and O–H groups in total. The summed E-state index contributed by atoms with van der Waals surface area (Å²) in [4.78, 5) is 30.9. The van der Waals surface area contributed by atoms with Gasteiger partial charge in [-0.2, -0.15) is 0 Å². The summed E-state index contributed by atoms with van der Waals surface area (Å²) in [6.07, 6.45) is -0.817. The van der Waals surface area contributed by atoms with Crippen molar-refractivity contribution in [1.29, 1.82) is 0 Å². The maximum absolute atomic E-state index is 12.4. The molecule has 2 aliphatic rings. The average molecular weight is 285 g/mol.